The van der Waals surface area contributed by atoms with E-state index in [4.69, 9.17) is 4.74 Å². The molecule has 0 amide bonds. The molecule has 0 aliphatic carbocycles. The van der Waals surface area contributed by atoms with Crippen molar-refractivity contribution >= 4 is 0 Å². The third kappa shape index (κ3) is 5.29. The maximum Gasteiger partial charge on any atom is 0.155 e. The van der Waals surface area contributed by atoms with E-state index < -0.39 is 0 Å². The van der Waals surface area contributed by atoms with E-state index in [-0.39, 0.29) is 0 Å². The molecule has 3 heteroatoms. The predicted octanol–water partition coefficient (Wildman–Crippen LogP) is 2.81. The molecule has 108 valence electrons. The fraction of sp³-hybridized carbons (Fsp3) is 0.278. The van der Waals surface area contributed by atoms with Gasteiger partial charge in [-0.25, -0.2) is 4.98 Å². The van der Waals surface area contributed by atoms with Crippen molar-refractivity contribution in [1.29, 1.82) is 0 Å². The highest BCUT2D eigenvalue weighted by Crippen LogP contribution is 2.14. The lowest BCUT2D eigenvalue weighted by atomic mass is 10.2. The molecule has 2 aromatic rings. The lowest BCUT2D eigenvalue weighted by Crippen LogP contribution is -2.15. The number of ether oxygens (including phenoxy) is 1. The molecular formula is C18H20N2O. The van der Waals surface area contributed by atoms with Gasteiger partial charge in [-0.3, -0.25) is 0 Å². The molecule has 1 heterocycles. The summed E-state index contributed by atoms with van der Waals surface area (Å²) in [6, 6.07) is 13.7. The van der Waals surface area contributed by atoms with Crippen LogP contribution in [0.3, 0.4) is 0 Å². The van der Waals surface area contributed by atoms with Gasteiger partial charge >= 0.3 is 0 Å². The molecule has 3 nitrogen and oxygen atoms in total. The first-order chi connectivity index (χ1) is 10.3. The highest BCUT2D eigenvalue weighted by molar-refractivity contribution is 5.45. The molecule has 0 aliphatic rings. The Bertz CT molecular complexity index is 612. The van der Waals surface area contributed by atoms with E-state index >= 15 is 0 Å². The standard InChI is InChI=1S/C18H20N2O/c1-20(2)14-7-15-21-18-10-6-13-19-17(18)12-11-16-8-4-3-5-9-16/h3-6,8-10,13H,7,14-15H2,1-2H3. The van der Waals surface area contributed by atoms with Crippen LogP contribution in [-0.4, -0.2) is 37.1 Å². The molecule has 21 heavy (non-hydrogen) atoms. The van der Waals surface area contributed by atoms with Gasteiger partial charge in [-0.05, 0) is 50.7 Å². The Labute approximate surface area is 126 Å². The summed E-state index contributed by atoms with van der Waals surface area (Å²) in [7, 11) is 4.11. The van der Waals surface area contributed by atoms with Crippen LogP contribution >= 0.6 is 0 Å². The number of pyridine rings is 1. The van der Waals surface area contributed by atoms with Crippen LogP contribution < -0.4 is 4.74 Å². The van der Waals surface area contributed by atoms with E-state index in [0.29, 0.717) is 12.3 Å². The SMILES string of the molecule is CN(C)CCCOc1cccnc1C#Cc1ccccc1. The van der Waals surface area contributed by atoms with Gasteiger partial charge in [0.2, 0.25) is 0 Å². The quantitative estimate of drug-likeness (QED) is 0.622. The van der Waals surface area contributed by atoms with Gasteiger partial charge in [-0.15, -0.1) is 0 Å². The Morgan fingerprint density at radius 1 is 1.05 bits per heavy atom. The van der Waals surface area contributed by atoms with Crippen molar-refractivity contribution < 1.29 is 4.74 Å². The van der Waals surface area contributed by atoms with Crippen LogP contribution in [0.5, 0.6) is 5.75 Å². The van der Waals surface area contributed by atoms with Gasteiger partial charge in [0.15, 0.2) is 11.4 Å². The number of benzene rings is 1. The van der Waals surface area contributed by atoms with Crippen molar-refractivity contribution in [3.8, 4) is 17.6 Å². The maximum atomic E-state index is 5.78. The van der Waals surface area contributed by atoms with Crippen molar-refractivity contribution in [1.82, 2.24) is 9.88 Å². The molecule has 0 spiro atoms. The first-order valence-corrected chi connectivity index (χ1v) is 7.05. The van der Waals surface area contributed by atoms with E-state index in [9.17, 15) is 0 Å². The van der Waals surface area contributed by atoms with Crippen molar-refractivity contribution in [3.05, 3.63) is 59.9 Å². The fourth-order valence-electron chi connectivity index (χ4n) is 1.82. The zero-order valence-corrected chi connectivity index (χ0v) is 12.5. The Morgan fingerprint density at radius 2 is 1.86 bits per heavy atom. The van der Waals surface area contributed by atoms with Gasteiger partial charge in [0.05, 0.1) is 6.61 Å². The van der Waals surface area contributed by atoms with Crippen molar-refractivity contribution in [2.75, 3.05) is 27.2 Å². The average Bonchev–Trinajstić information content (AvgIpc) is 2.51. The zero-order valence-electron chi connectivity index (χ0n) is 12.5. The lowest BCUT2D eigenvalue weighted by molar-refractivity contribution is 0.280. The molecule has 2 rings (SSSR count). The largest absolute Gasteiger partial charge is 0.491 e. The molecule has 0 unspecified atom stereocenters. The molecule has 0 N–H and O–H groups in total. The number of nitrogens with zero attached hydrogens (tertiary/aromatic N) is 2. The molecule has 0 saturated carbocycles. The summed E-state index contributed by atoms with van der Waals surface area (Å²) in [6.45, 7) is 1.68. The van der Waals surface area contributed by atoms with Gasteiger partial charge in [-0.1, -0.05) is 24.1 Å². The van der Waals surface area contributed by atoms with E-state index in [1.165, 1.54) is 0 Å². The van der Waals surface area contributed by atoms with E-state index in [2.05, 4.69) is 35.8 Å². The molecule has 0 atom stereocenters. The summed E-state index contributed by atoms with van der Waals surface area (Å²) in [6.07, 6.45) is 2.72. The van der Waals surface area contributed by atoms with Gasteiger partial charge in [0, 0.05) is 18.3 Å². The van der Waals surface area contributed by atoms with Crippen LogP contribution in [0.4, 0.5) is 0 Å². The predicted molar refractivity (Wildman–Crippen MR) is 85.3 cm³/mol. The third-order valence-electron chi connectivity index (χ3n) is 2.88. The molecule has 0 saturated heterocycles. The van der Waals surface area contributed by atoms with Gasteiger partial charge in [-0.2, -0.15) is 0 Å². The van der Waals surface area contributed by atoms with E-state index in [0.717, 1.165) is 24.3 Å². The van der Waals surface area contributed by atoms with Gasteiger partial charge in [0.1, 0.15) is 0 Å². The molecular weight excluding hydrogens is 260 g/mol. The number of aromatic nitrogens is 1. The summed E-state index contributed by atoms with van der Waals surface area (Å²) in [5.74, 6) is 6.94. The van der Waals surface area contributed by atoms with E-state index in [1.54, 1.807) is 6.20 Å². The molecule has 1 aromatic carbocycles. The number of rotatable bonds is 5. The smallest absolute Gasteiger partial charge is 0.155 e. The summed E-state index contributed by atoms with van der Waals surface area (Å²) < 4.78 is 5.78. The fourth-order valence-corrected chi connectivity index (χ4v) is 1.82. The van der Waals surface area contributed by atoms with Crippen LogP contribution in [-0.2, 0) is 0 Å². The minimum absolute atomic E-state index is 0.671. The van der Waals surface area contributed by atoms with Crippen molar-refractivity contribution in [2.45, 2.75) is 6.42 Å². The summed E-state index contributed by atoms with van der Waals surface area (Å²) in [4.78, 5) is 6.44. The molecule has 0 bridgehead atoms. The second-order valence-corrected chi connectivity index (χ2v) is 4.97. The summed E-state index contributed by atoms with van der Waals surface area (Å²) in [5.41, 5.74) is 1.66. The maximum absolute atomic E-state index is 5.78. The first kappa shape index (κ1) is 15.1. The monoisotopic (exact) mass is 280 g/mol. The highest BCUT2D eigenvalue weighted by atomic mass is 16.5. The van der Waals surface area contributed by atoms with E-state index in [1.807, 2.05) is 42.5 Å². The van der Waals surface area contributed by atoms with Crippen LogP contribution in [0.25, 0.3) is 0 Å². The Balaban J connectivity index is 2.02. The Kier molecular flexibility index (Phi) is 5.81. The van der Waals surface area contributed by atoms with Crippen molar-refractivity contribution in [3.63, 3.8) is 0 Å². The lowest BCUT2D eigenvalue weighted by Gasteiger charge is -2.10. The number of hydrogen-bond acceptors (Lipinski definition) is 3. The van der Waals surface area contributed by atoms with Crippen LogP contribution in [0.1, 0.15) is 17.7 Å². The molecule has 0 fully saturated rings. The first-order valence-electron chi connectivity index (χ1n) is 7.05. The molecule has 0 aliphatic heterocycles. The Hall–Kier alpha value is -2.31. The molecule has 1 aromatic heterocycles. The highest BCUT2D eigenvalue weighted by Gasteiger charge is 2.01. The summed E-state index contributed by atoms with van der Waals surface area (Å²) >= 11 is 0. The van der Waals surface area contributed by atoms with Crippen LogP contribution in [0.15, 0.2) is 48.7 Å². The van der Waals surface area contributed by atoms with Gasteiger partial charge < -0.3 is 9.64 Å². The van der Waals surface area contributed by atoms with Crippen LogP contribution in [0, 0.1) is 11.8 Å². The van der Waals surface area contributed by atoms with Crippen molar-refractivity contribution in [2.24, 2.45) is 0 Å². The number of hydrogen-bond donors (Lipinski definition) is 0. The average molecular weight is 280 g/mol. The minimum atomic E-state index is 0.671. The second-order valence-electron chi connectivity index (χ2n) is 4.97. The third-order valence-corrected chi connectivity index (χ3v) is 2.88. The topological polar surface area (TPSA) is 25.4 Å². The summed E-state index contributed by atoms with van der Waals surface area (Å²) in [5, 5.41) is 0. The van der Waals surface area contributed by atoms with Gasteiger partial charge in [0.25, 0.3) is 0 Å². The Morgan fingerprint density at radius 3 is 2.62 bits per heavy atom. The zero-order chi connectivity index (χ0) is 14.9. The second kappa shape index (κ2) is 8.08. The minimum Gasteiger partial charge on any atom is -0.491 e. The van der Waals surface area contributed by atoms with Crippen LogP contribution in [0.2, 0.25) is 0 Å². The normalized spacial score (nSPS) is 10.0. The molecule has 0 radical (unpaired) electrons.